The standard InChI is InChI=1S/C19H15Cl2NO6S/c1-2-3-4-27-15(23)8-22-18(25)14(29-19(22)26)5-10-9-28-17-12(16(10)24)6-11(20)7-13(17)21/h5-7,9H,2-4,8H2,1H3/b14-5-. The van der Waals surface area contributed by atoms with Crippen LogP contribution in [0, 0.1) is 0 Å². The van der Waals surface area contributed by atoms with Crippen LogP contribution in [0.4, 0.5) is 4.79 Å². The highest BCUT2D eigenvalue weighted by molar-refractivity contribution is 8.18. The third-order valence-corrected chi connectivity index (χ3v) is 5.43. The molecule has 0 radical (unpaired) electrons. The number of halogens is 2. The molecule has 0 spiro atoms. The minimum atomic E-state index is -0.684. The van der Waals surface area contributed by atoms with E-state index < -0.39 is 29.1 Å². The summed E-state index contributed by atoms with van der Waals surface area (Å²) >= 11 is 12.6. The minimum absolute atomic E-state index is 0.00358. The van der Waals surface area contributed by atoms with Crippen molar-refractivity contribution in [1.82, 2.24) is 4.90 Å². The zero-order valence-corrected chi connectivity index (χ0v) is 17.5. The lowest BCUT2D eigenvalue weighted by Gasteiger charge is -2.11. The summed E-state index contributed by atoms with van der Waals surface area (Å²) in [5.74, 6) is -1.35. The van der Waals surface area contributed by atoms with Gasteiger partial charge in [0.2, 0.25) is 0 Å². The largest absolute Gasteiger partial charge is 0.464 e. The predicted molar refractivity (Wildman–Crippen MR) is 111 cm³/mol. The smallest absolute Gasteiger partial charge is 0.326 e. The van der Waals surface area contributed by atoms with Crippen LogP contribution in [0.3, 0.4) is 0 Å². The average molecular weight is 456 g/mol. The number of rotatable bonds is 6. The number of ether oxygens (including phenoxy) is 1. The van der Waals surface area contributed by atoms with Crippen molar-refractivity contribution in [3.8, 4) is 0 Å². The maximum Gasteiger partial charge on any atom is 0.326 e. The van der Waals surface area contributed by atoms with Crippen LogP contribution in [0.5, 0.6) is 0 Å². The van der Waals surface area contributed by atoms with Crippen LogP contribution in [0.2, 0.25) is 10.0 Å². The first kappa shape index (κ1) is 21.4. The molecule has 2 aromatic rings. The summed E-state index contributed by atoms with van der Waals surface area (Å²) < 4.78 is 10.4. The molecule has 0 unspecified atom stereocenters. The molecule has 2 heterocycles. The number of carbonyl (C=O) groups excluding carboxylic acids is 3. The molecule has 1 aromatic heterocycles. The van der Waals surface area contributed by atoms with E-state index in [0.717, 1.165) is 17.6 Å². The summed E-state index contributed by atoms with van der Waals surface area (Å²) in [7, 11) is 0. The van der Waals surface area contributed by atoms with Gasteiger partial charge in [0.05, 0.1) is 27.5 Å². The number of thioether (sulfide) groups is 1. The van der Waals surface area contributed by atoms with Gasteiger partial charge in [0.15, 0.2) is 11.0 Å². The molecule has 0 atom stereocenters. The molecule has 29 heavy (non-hydrogen) atoms. The number of hydrogen-bond donors (Lipinski definition) is 0. The second-order valence-electron chi connectivity index (χ2n) is 6.13. The van der Waals surface area contributed by atoms with Crippen molar-refractivity contribution in [2.24, 2.45) is 0 Å². The van der Waals surface area contributed by atoms with Gasteiger partial charge in [-0.15, -0.1) is 0 Å². The molecular formula is C19H15Cl2NO6S. The Bertz CT molecular complexity index is 1090. The molecule has 1 aliphatic rings. The fourth-order valence-electron chi connectivity index (χ4n) is 2.56. The third kappa shape index (κ3) is 4.66. The van der Waals surface area contributed by atoms with Gasteiger partial charge in [0.25, 0.3) is 11.1 Å². The summed E-state index contributed by atoms with van der Waals surface area (Å²) in [6.07, 6.45) is 3.94. The Labute approximate surface area is 179 Å². The molecule has 0 bridgehead atoms. The molecule has 0 aliphatic carbocycles. The highest BCUT2D eigenvalue weighted by Gasteiger charge is 2.36. The van der Waals surface area contributed by atoms with Crippen molar-refractivity contribution in [2.45, 2.75) is 19.8 Å². The number of fused-ring (bicyclic) bond motifs is 1. The van der Waals surface area contributed by atoms with Crippen LogP contribution in [0.25, 0.3) is 17.0 Å². The number of hydrogen-bond acceptors (Lipinski definition) is 7. The van der Waals surface area contributed by atoms with Crippen LogP contribution < -0.4 is 5.43 Å². The van der Waals surface area contributed by atoms with Crippen molar-refractivity contribution in [3.05, 3.63) is 49.1 Å². The SMILES string of the molecule is CCCCOC(=O)CN1C(=O)S/C(=C\c2coc3c(Cl)cc(Cl)cc3c2=O)C1=O. The zero-order chi connectivity index (χ0) is 21.1. The lowest BCUT2D eigenvalue weighted by Crippen LogP contribution is -2.34. The van der Waals surface area contributed by atoms with Crippen molar-refractivity contribution < 1.29 is 23.5 Å². The first-order chi connectivity index (χ1) is 13.8. The normalized spacial score (nSPS) is 15.6. The number of benzene rings is 1. The lowest BCUT2D eigenvalue weighted by molar-refractivity contribution is -0.146. The molecule has 7 nitrogen and oxygen atoms in total. The van der Waals surface area contributed by atoms with Gasteiger partial charge >= 0.3 is 5.97 Å². The summed E-state index contributed by atoms with van der Waals surface area (Å²) in [6.45, 7) is 1.69. The quantitative estimate of drug-likeness (QED) is 0.359. The van der Waals surface area contributed by atoms with E-state index in [0.29, 0.717) is 18.2 Å². The van der Waals surface area contributed by atoms with Gasteiger partial charge in [0.1, 0.15) is 12.8 Å². The van der Waals surface area contributed by atoms with E-state index in [4.69, 9.17) is 32.4 Å². The highest BCUT2D eigenvalue weighted by atomic mass is 35.5. The Balaban J connectivity index is 1.85. The molecule has 2 amide bonds. The molecule has 1 saturated heterocycles. The van der Waals surface area contributed by atoms with Crippen LogP contribution >= 0.6 is 35.0 Å². The second kappa shape index (κ2) is 9.02. The van der Waals surface area contributed by atoms with Crippen molar-refractivity contribution in [2.75, 3.05) is 13.2 Å². The van der Waals surface area contributed by atoms with E-state index in [1.165, 1.54) is 18.2 Å². The summed E-state index contributed by atoms with van der Waals surface area (Å²) in [5, 5.41) is -0.0353. The Morgan fingerprint density at radius 1 is 1.28 bits per heavy atom. The Morgan fingerprint density at radius 3 is 2.76 bits per heavy atom. The van der Waals surface area contributed by atoms with Crippen molar-refractivity contribution in [3.63, 3.8) is 0 Å². The molecule has 152 valence electrons. The fraction of sp³-hybridized carbons (Fsp3) is 0.263. The van der Waals surface area contributed by atoms with Crippen molar-refractivity contribution >= 4 is 69.1 Å². The molecule has 0 saturated carbocycles. The number of esters is 1. The molecule has 3 rings (SSSR count). The van der Waals surface area contributed by atoms with E-state index in [-0.39, 0.29) is 38.1 Å². The van der Waals surface area contributed by atoms with Gasteiger partial charge < -0.3 is 9.15 Å². The summed E-state index contributed by atoms with van der Waals surface area (Å²) in [6, 6.07) is 2.85. The maximum atomic E-state index is 12.7. The van der Waals surface area contributed by atoms with E-state index in [9.17, 15) is 19.2 Å². The molecule has 0 N–H and O–H groups in total. The highest BCUT2D eigenvalue weighted by Crippen LogP contribution is 2.32. The van der Waals surface area contributed by atoms with Gasteiger partial charge in [-0.3, -0.25) is 24.1 Å². The van der Waals surface area contributed by atoms with Crippen LogP contribution in [-0.2, 0) is 14.3 Å². The third-order valence-electron chi connectivity index (χ3n) is 4.03. The van der Waals surface area contributed by atoms with Gasteiger partial charge in [-0.05, 0) is 36.4 Å². The van der Waals surface area contributed by atoms with Crippen molar-refractivity contribution in [1.29, 1.82) is 0 Å². The monoisotopic (exact) mass is 455 g/mol. The van der Waals surface area contributed by atoms with E-state index in [2.05, 4.69) is 0 Å². The van der Waals surface area contributed by atoms with Gasteiger partial charge in [-0.1, -0.05) is 36.5 Å². The first-order valence-electron chi connectivity index (χ1n) is 8.63. The van der Waals surface area contributed by atoms with Crippen LogP contribution in [-0.4, -0.2) is 35.2 Å². The summed E-state index contributed by atoms with van der Waals surface area (Å²) in [4.78, 5) is 49.9. The number of imide groups is 1. The average Bonchev–Trinajstić information content (AvgIpc) is 2.92. The Hall–Kier alpha value is -2.29. The van der Waals surface area contributed by atoms with Crippen LogP contribution in [0.15, 0.2) is 32.5 Å². The second-order valence-corrected chi connectivity index (χ2v) is 7.96. The molecule has 1 aromatic carbocycles. The lowest BCUT2D eigenvalue weighted by atomic mass is 10.1. The van der Waals surface area contributed by atoms with Gasteiger partial charge in [-0.25, -0.2) is 0 Å². The van der Waals surface area contributed by atoms with Gasteiger partial charge in [-0.2, -0.15) is 0 Å². The topological polar surface area (TPSA) is 93.9 Å². The Kier molecular flexibility index (Phi) is 6.66. The maximum absolute atomic E-state index is 12.7. The fourth-order valence-corrected chi connectivity index (χ4v) is 3.93. The molecule has 1 aliphatic heterocycles. The van der Waals surface area contributed by atoms with Gasteiger partial charge in [0, 0.05) is 5.02 Å². The molecule has 1 fully saturated rings. The molecular weight excluding hydrogens is 441 g/mol. The first-order valence-corrected chi connectivity index (χ1v) is 10.2. The number of nitrogens with zero attached hydrogens (tertiary/aromatic N) is 1. The Morgan fingerprint density at radius 2 is 2.03 bits per heavy atom. The minimum Gasteiger partial charge on any atom is -0.464 e. The summed E-state index contributed by atoms with van der Waals surface area (Å²) in [5.41, 5.74) is -0.241. The molecule has 10 heteroatoms. The number of unbranched alkanes of at least 4 members (excludes halogenated alkanes) is 1. The van der Waals surface area contributed by atoms with Crippen LogP contribution in [0.1, 0.15) is 25.3 Å². The van der Waals surface area contributed by atoms with E-state index >= 15 is 0 Å². The van der Waals surface area contributed by atoms with E-state index in [1.54, 1.807) is 0 Å². The van der Waals surface area contributed by atoms with E-state index in [1.807, 2.05) is 6.92 Å². The number of amides is 2. The number of carbonyl (C=O) groups is 3. The zero-order valence-electron chi connectivity index (χ0n) is 15.2. The predicted octanol–water partition coefficient (Wildman–Crippen LogP) is 4.48.